The molecule has 5 heteroatoms. The predicted molar refractivity (Wildman–Crippen MR) is 71.4 cm³/mol. The van der Waals surface area contributed by atoms with Crippen LogP contribution in [0, 0.1) is 17.2 Å². The SMILES string of the molecule is N#Cc1ccc(NC(=O)CCN2CC(CO)C2)cc1. The van der Waals surface area contributed by atoms with Crippen LogP contribution in [0.1, 0.15) is 12.0 Å². The molecule has 1 aromatic rings. The number of nitriles is 1. The van der Waals surface area contributed by atoms with E-state index in [0.29, 0.717) is 23.6 Å². The average Bonchev–Trinajstić information content (AvgIpc) is 2.38. The van der Waals surface area contributed by atoms with Gasteiger partial charge in [-0.3, -0.25) is 4.79 Å². The van der Waals surface area contributed by atoms with Crippen molar-refractivity contribution in [2.75, 3.05) is 31.6 Å². The second-order valence-corrected chi connectivity index (χ2v) is 4.80. The summed E-state index contributed by atoms with van der Waals surface area (Å²) in [5, 5.41) is 20.4. The van der Waals surface area contributed by atoms with Crippen molar-refractivity contribution in [1.29, 1.82) is 5.26 Å². The first-order valence-corrected chi connectivity index (χ1v) is 6.34. The van der Waals surface area contributed by atoms with Gasteiger partial charge >= 0.3 is 0 Å². The smallest absolute Gasteiger partial charge is 0.225 e. The summed E-state index contributed by atoms with van der Waals surface area (Å²) < 4.78 is 0. The van der Waals surface area contributed by atoms with Gasteiger partial charge in [-0.05, 0) is 24.3 Å². The maximum absolute atomic E-state index is 11.7. The Morgan fingerprint density at radius 2 is 2.11 bits per heavy atom. The molecule has 100 valence electrons. The Labute approximate surface area is 112 Å². The molecule has 0 spiro atoms. The Morgan fingerprint density at radius 1 is 1.42 bits per heavy atom. The van der Waals surface area contributed by atoms with Crippen LogP contribution in [0.4, 0.5) is 5.69 Å². The number of aliphatic hydroxyl groups is 1. The van der Waals surface area contributed by atoms with Crippen molar-refractivity contribution >= 4 is 11.6 Å². The van der Waals surface area contributed by atoms with Gasteiger partial charge in [0, 0.05) is 44.3 Å². The number of nitrogens with one attached hydrogen (secondary N) is 1. The van der Waals surface area contributed by atoms with Crippen LogP contribution in [-0.4, -0.2) is 42.2 Å². The summed E-state index contributed by atoms with van der Waals surface area (Å²) in [4.78, 5) is 13.9. The first-order chi connectivity index (χ1) is 9.21. The van der Waals surface area contributed by atoms with Gasteiger partial charge in [0.2, 0.25) is 5.91 Å². The third-order valence-electron chi connectivity index (χ3n) is 3.24. The van der Waals surface area contributed by atoms with Gasteiger partial charge in [0.05, 0.1) is 11.6 Å². The normalized spacial score (nSPS) is 15.6. The van der Waals surface area contributed by atoms with Crippen LogP contribution in [0.2, 0.25) is 0 Å². The minimum atomic E-state index is -0.0304. The lowest BCUT2D eigenvalue weighted by Crippen LogP contribution is -2.49. The van der Waals surface area contributed by atoms with Crippen LogP contribution >= 0.6 is 0 Å². The van der Waals surface area contributed by atoms with Crippen molar-refractivity contribution < 1.29 is 9.90 Å². The topological polar surface area (TPSA) is 76.4 Å². The van der Waals surface area contributed by atoms with Crippen LogP contribution in [0.25, 0.3) is 0 Å². The molecule has 1 aromatic carbocycles. The fraction of sp³-hybridized carbons (Fsp3) is 0.429. The van der Waals surface area contributed by atoms with E-state index in [2.05, 4.69) is 10.2 Å². The lowest BCUT2D eigenvalue weighted by Gasteiger charge is -2.38. The van der Waals surface area contributed by atoms with E-state index < -0.39 is 0 Å². The Kier molecular flexibility index (Phi) is 4.50. The number of rotatable bonds is 5. The highest BCUT2D eigenvalue weighted by Crippen LogP contribution is 2.15. The molecule has 0 radical (unpaired) electrons. The number of carbonyl (C=O) groups is 1. The average molecular weight is 259 g/mol. The summed E-state index contributed by atoms with van der Waals surface area (Å²) >= 11 is 0. The number of hydrogen-bond donors (Lipinski definition) is 2. The Balaban J connectivity index is 1.71. The highest BCUT2D eigenvalue weighted by molar-refractivity contribution is 5.90. The van der Waals surface area contributed by atoms with Gasteiger partial charge in [-0.15, -0.1) is 0 Å². The van der Waals surface area contributed by atoms with Crippen molar-refractivity contribution in [3.05, 3.63) is 29.8 Å². The van der Waals surface area contributed by atoms with Crippen LogP contribution in [0.15, 0.2) is 24.3 Å². The minimum absolute atomic E-state index is 0.0304. The van der Waals surface area contributed by atoms with Crippen molar-refractivity contribution in [2.24, 2.45) is 5.92 Å². The predicted octanol–water partition coefficient (Wildman–Crippen LogP) is 0.811. The molecule has 0 saturated carbocycles. The molecule has 0 aliphatic carbocycles. The standard InChI is InChI=1S/C14H17N3O2/c15-7-11-1-3-13(4-2-11)16-14(19)5-6-17-8-12(9-17)10-18/h1-4,12,18H,5-6,8-10H2,(H,16,19). The minimum Gasteiger partial charge on any atom is -0.396 e. The van der Waals surface area contributed by atoms with E-state index in [1.165, 1.54) is 0 Å². The molecule has 0 aromatic heterocycles. The first kappa shape index (κ1) is 13.5. The molecule has 1 heterocycles. The largest absolute Gasteiger partial charge is 0.396 e. The number of aliphatic hydroxyl groups excluding tert-OH is 1. The van der Waals surface area contributed by atoms with E-state index in [0.717, 1.165) is 19.6 Å². The second-order valence-electron chi connectivity index (χ2n) is 4.80. The number of amides is 1. The van der Waals surface area contributed by atoms with Gasteiger partial charge in [0.1, 0.15) is 0 Å². The second kappa shape index (κ2) is 6.32. The highest BCUT2D eigenvalue weighted by atomic mass is 16.3. The molecule has 19 heavy (non-hydrogen) atoms. The maximum Gasteiger partial charge on any atom is 0.225 e. The lowest BCUT2D eigenvalue weighted by molar-refractivity contribution is -0.116. The Bertz CT molecular complexity index is 472. The Hall–Kier alpha value is -1.90. The summed E-state index contributed by atoms with van der Waals surface area (Å²) in [6.07, 6.45) is 0.443. The molecule has 5 nitrogen and oxygen atoms in total. The van der Waals surface area contributed by atoms with Crippen LogP contribution < -0.4 is 5.32 Å². The van der Waals surface area contributed by atoms with Gasteiger partial charge in [0.15, 0.2) is 0 Å². The number of nitrogens with zero attached hydrogens (tertiary/aromatic N) is 2. The molecule has 0 bridgehead atoms. The van der Waals surface area contributed by atoms with E-state index >= 15 is 0 Å². The van der Waals surface area contributed by atoms with Crippen LogP contribution in [0.5, 0.6) is 0 Å². The number of hydrogen-bond acceptors (Lipinski definition) is 4. The summed E-state index contributed by atoms with van der Waals surface area (Å²) in [6.45, 7) is 2.70. The quantitative estimate of drug-likeness (QED) is 0.820. The number of benzene rings is 1. The van der Waals surface area contributed by atoms with Gasteiger partial charge in [-0.2, -0.15) is 5.26 Å². The number of carbonyl (C=O) groups excluding carboxylic acids is 1. The zero-order chi connectivity index (χ0) is 13.7. The molecule has 2 rings (SSSR count). The third kappa shape index (κ3) is 3.78. The first-order valence-electron chi connectivity index (χ1n) is 6.34. The van der Waals surface area contributed by atoms with Gasteiger partial charge in [-0.25, -0.2) is 0 Å². The summed E-state index contributed by atoms with van der Waals surface area (Å²) in [6, 6.07) is 8.84. The van der Waals surface area contributed by atoms with E-state index in [4.69, 9.17) is 10.4 Å². The zero-order valence-electron chi connectivity index (χ0n) is 10.7. The lowest BCUT2D eigenvalue weighted by atomic mass is 10.0. The summed E-state index contributed by atoms with van der Waals surface area (Å²) in [7, 11) is 0. The molecule has 0 atom stereocenters. The van der Waals surface area contributed by atoms with Crippen LogP contribution in [0.3, 0.4) is 0 Å². The van der Waals surface area contributed by atoms with E-state index in [-0.39, 0.29) is 12.5 Å². The molecule has 1 amide bonds. The van der Waals surface area contributed by atoms with Crippen molar-refractivity contribution in [3.8, 4) is 6.07 Å². The molecule has 1 aliphatic rings. The zero-order valence-corrected chi connectivity index (χ0v) is 10.7. The monoisotopic (exact) mass is 259 g/mol. The van der Waals surface area contributed by atoms with E-state index in [1.807, 2.05) is 6.07 Å². The van der Waals surface area contributed by atoms with Gasteiger partial charge in [-0.1, -0.05) is 0 Å². The maximum atomic E-state index is 11.7. The highest BCUT2D eigenvalue weighted by Gasteiger charge is 2.25. The number of likely N-dealkylation sites (tertiary alicyclic amines) is 1. The molecule has 2 N–H and O–H groups in total. The van der Waals surface area contributed by atoms with Gasteiger partial charge in [0.25, 0.3) is 0 Å². The molecule has 1 saturated heterocycles. The third-order valence-corrected chi connectivity index (χ3v) is 3.24. The van der Waals surface area contributed by atoms with E-state index in [1.54, 1.807) is 24.3 Å². The molecule has 1 fully saturated rings. The Morgan fingerprint density at radius 3 is 2.68 bits per heavy atom. The van der Waals surface area contributed by atoms with E-state index in [9.17, 15) is 4.79 Å². The number of anilines is 1. The fourth-order valence-electron chi connectivity index (χ4n) is 2.09. The fourth-order valence-corrected chi connectivity index (χ4v) is 2.09. The molecular weight excluding hydrogens is 242 g/mol. The van der Waals surface area contributed by atoms with Crippen LogP contribution in [-0.2, 0) is 4.79 Å². The summed E-state index contributed by atoms with van der Waals surface area (Å²) in [5.74, 6) is 0.346. The molecule has 1 aliphatic heterocycles. The van der Waals surface area contributed by atoms with Crippen molar-refractivity contribution in [1.82, 2.24) is 4.90 Å². The van der Waals surface area contributed by atoms with Gasteiger partial charge < -0.3 is 15.3 Å². The molecule has 0 unspecified atom stereocenters. The van der Waals surface area contributed by atoms with Crippen molar-refractivity contribution in [2.45, 2.75) is 6.42 Å². The molecular formula is C14H17N3O2. The van der Waals surface area contributed by atoms with Crippen molar-refractivity contribution in [3.63, 3.8) is 0 Å². The summed E-state index contributed by atoms with van der Waals surface area (Å²) in [5.41, 5.74) is 1.29.